The molecule has 46 heavy (non-hydrogen) atoms. The molecular formula is C41H41NO4. The van der Waals surface area contributed by atoms with Gasteiger partial charge in [-0.3, -0.25) is 0 Å². The van der Waals surface area contributed by atoms with Crippen LogP contribution >= 0.6 is 0 Å². The van der Waals surface area contributed by atoms with Gasteiger partial charge in [-0.2, -0.15) is 0 Å². The number of carboxylic acid groups (broad SMARTS) is 1. The van der Waals surface area contributed by atoms with Gasteiger partial charge in [0.05, 0.1) is 5.54 Å². The second kappa shape index (κ2) is 13.7. The Labute approximate surface area is 271 Å². The van der Waals surface area contributed by atoms with Crippen molar-refractivity contribution in [2.75, 3.05) is 13.2 Å². The number of carbonyl (C=O) groups is 1. The highest BCUT2D eigenvalue weighted by Crippen LogP contribution is 2.43. The summed E-state index contributed by atoms with van der Waals surface area (Å²) in [5, 5.41) is 9.48. The van der Waals surface area contributed by atoms with Crippen LogP contribution in [0.15, 0.2) is 121 Å². The molecule has 3 N–H and O–H groups in total. The number of hydrogen-bond donors (Lipinski definition) is 2. The molecule has 0 heterocycles. The van der Waals surface area contributed by atoms with E-state index in [0.29, 0.717) is 18.8 Å². The summed E-state index contributed by atoms with van der Waals surface area (Å²) in [5.41, 5.74) is 17.3. The molecule has 0 spiro atoms. The highest BCUT2D eigenvalue weighted by molar-refractivity contribution is 5.73. The molecule has 0 saturated carbocycles. The van der Waals surface area contributed by atoms with Crippen LogP contribution in [0.2, 0.25) is 0 Å². The first kappa shape index (κ1) is 31.3. The fourth-order valence-electron chi connectivity index (χ4n) is 6.63. The van der Waals surface area contributed by atoms with Gasteiger partial charge in [0, 0.05) is 18.9 Å². The third kappa shape index (κ3) is 6.91. The average Bonchev–Trinajstić information content (AvgIpc) is 3.25. The number of aliphatic carboxylic acids is 1. The molecule has 5 aromatic rings. The lowest BCUT2D eigenvalue weighted by Gasteiger charge is -2.36. The summed E-state index contributed by atoms with van der Waals surface area (Å²) in [5.74, 6) is -0.390. The van der Waals surface area contributed by atoms with Crippen molar-refractivity contribution in [2.45, 2.75) is 50.7 Å². The van der Waals surface area contributed by atoms with Crippen LogP contribution in [-0.4, -0.2) is 35.9 Å². The number of benzene rings is 5. The summed E-state index contributed by atoms with van der Waals surface area (Å²) in [6, 6.07) is 42.2. The quantitative estimate of drug-likeness (QED) is 0.158. The average molecular weight is 612 g/mol. The second-order valence-electron chi connectivity index (χ2n) is 12.4. The summed E-state index contributed by atoms with van der Waals surface area (Å²) in [4.78, 5) is 11.6. The highest BCUT2D eigenvalue weighted by Gasteiger charge is 2.38. The van der Waals surface area contributed by atoms with Gasteiger partial charge in [0.1, 0.15) is 12.4 Å². The Morgan fingerprint density at radius 2 is 1.30 bits per heavy atom. The second-order valence-corrected chi connectivity index (χ2v) is 12.4. The summed E-state index contributed by atoms with van der Waals surface area (Å²) in [6.07, 6.45) is 1.30. The Bertz CT molecular complexity index is 1690. The molecule has 0 fully saturated rings. The van der Waals surface area contributed by atoms with Crippen LogP contribution in [0, 0.1) is 0 Å². The summed E-state index contributed by atoms with van der Waals surface area (Å²) in [6.45, 7) is 4.53. The van der Waals surface area contributed by atoms with Gasteiger partial charge in [-0.1, -0.05) is 109 Å². The molecule has 0 amide bonds. The van der Waals surface area contributed by atoms with Crippen molar-refractivity contribution in [3.8, 4) is 28.0 Å². The minimum absolute atomic E-state index is 0.117. The van der Waals surface area contributed by atoms with Gasteiger partial charge in [0.2, 0.25) is 0 Å². The number of rotatable bonds is 11. The van der Waals surface area contributed by atoms with Crippen LogP contribution in [0.3, 0.4) is 0 Å². The number of nitrogens with two attached hydrogens (primary N) is 1. The van der Waals surface area contributed by atoms with Gasteiger partial charge in [-0.25, -0.2) is 4.79 Å². The van der Waals surface area contributed by atoms with Crippen molar-refractivity contribution >= 4 is 5.97 Å². The summed E-state index contributed by atoms with van der Waals surface area (Å²) >= 11 is 0. The fourth-order valence-corrected chi connectivity index (χ4v) is 6.63. The molecule has 1 aliphatic carbocycles. The zero-order chi connectivity index (χ0) is 32.1. The van der Waals surface area contributed by atoms with Crippen LogP contribution in [-0.2, 0) is 28.8 Å². The molecule has 1 aliphatic rings. The first-order chi connectivity index (χ1) is 22.3. The predicted molar refractivity (Wildman–Crippen MR) is 184 cm³/mol. The van der Waals surface area contributed by atoms with E-state index >= 15 is 0 Å². The van der Waals surface area contributed by atoms with E-state index in [4.69, 9.17) is 15.2 Å². The van der Waals surface area contributed by atoms with Crippen molar-refractivity contribution in [3.63, 3.8) is 0 Å². The molecule has 234 valence electrons. The maximum Gasteiger partial charge on any atom is 0.333 e. The number of fused-ring (bicyclic) bond motifs is 2. The van der Waals surface area contributed by atoms with Gasteiger partial charge in [-0.15, -0.1) is 0 Å². The lowest BCUT2D eigenvalue weighted by Crippen LogP contribution is -2.48. The number of carboxylic acids is 1. The Kier molecular flexibility index (Phi) is 9.34. The number of ether oxygens (including phenoxy) is 2. The van der Waals surface area contributed by atoms with Crippen LogP contribution in [0.1, 0.15) is 47.6 Å². The molecular weight excluding hydrogens is 570 g/mol. The molecule has 0 bridgehead atoms. The Hall–Kier alpha value is -4.71. The Morgan fingerprint density at radius 1 is 0.783 bits per heavy atom. The van der Waals surface area contributed by atoms with E-state index in [1.165, 1.54) is 44.5 Å². The van der Waals surface area contributed by atoms with Crippen molar-refractivity contribution in [3.05, 3.63) is 149 Å². The molecule has 0 aliphatic heterocycles. The van der Waals surface area contributed by atoms with E-state index in [0.717, 1.165) is 18.4 Å². The van der Waals surface area contributed by atoms with Gasteiger partial charge in [-0.05, 0) is 88.9 Å². The van der Waals surface area contributed by atoms with Crippen molar-refractivity contribution < 1.29 is 19.4 Å². The van der Waals surface area contributed by atoms with E-state index in [1.54, 1.807) is 6.92 Å². The van der Waals surface area contributed by atoms with E-state index in [9.17, 15) is 9.90 Å². The molecule has 5 heteroatoms. The number of aryl methyl sites for hydroxylation is 2. The number of hydrogen-bond acceptors (Lipinski definition) is 4. The van der Waals surface area contributed by atoms with Crippen LogP contribution < -0.4 is 10.5 Å². The third-order valence-electron chi connectivity index (χ3n) is 8.99. The molecule has 2 unspecified atom stereocenters. The maximum atomic E-state index is 11.6. The van der Waals surface area contributed by atoms with Gasteiger partial charge >= 0.3 is 5.97 Å². The van der Waals surface area contributed by atoms with Crippen LogP contribution in [0.5, 0.6) is 5.75 Å². The molecule has 2 atom stereocenters. The smallest absolute Gasteiger partial charge is 0.333 e. The zero-order valence-electron chi connectivity index (χ0n) is 26.5. The predicted octanol–water partition coefficient (Wildman–Crippen LogP) is 8.08. The SMILES string of the molecule is CCOC(Cc1ccc(OCC(C)(N)C2c3cc(-c4ccccc4)ccc3CCc3ccc(-c4ccccc4)cc32)cc1)C(=O)O. The van der Waals surface area contributed by atoms with Gasteiger partial charge in [0.25, 0.3) is 0 Å². The molecule has 5 aromatic carbocycles. The maximum absolute atomic E-state index is 11.6. The molecule has 5 nitrogen and oxygen atoms in total. The molecule has 0 saturated heterocycles. The summed E-state index contributed by atoms with van der Waals surface area (Å²) in [7, 11) is 0. The lowest BCUT2D eigenvalue weighted by molar-refractivity contribution is -0.149. The fraction of sp³-hybridized carbons (Fsp3) is 0.244. The monoisotopic (exact) mass is 611 g/mol. The van der Waals surface area contributed by atoms with Crippen LogP contribution in [0.4, 0.5) is 0 Å². The zero-order valence-corrected chi connectivity index (χ0v) is 26.5. The van der Waals surface area contributed by atoms with Crippen molar-refractivity contribution in [1.29, 1.82) is 0 Å². The normalized spacial score (nSPS) is 14.8. The van der Waals surface area contributed by atoms with E-state index < -0.39 is 17.6 Å². The van der Waals surface area contributed by atoms with E-state index in [-0.39, 0.29) is 12.5 Å². The molecule has 0 radical (unpaired) electrons. The molecule has 0 aromatic heterocycles. The first-order valence-electron chi connectivity index (χ1n) is 16.0. The topological polar surface area (TPSA) is 81.8 Å². The first-order valence-corrected chi connectivity index (χ1v) is 16.0. The van der Waals surface area contributed by atoms with Crippen molar-refractivity contribution in [2.24, 2.45) is 5.73 Å². The molecule has 6 rings (SSSR count). The highest BCUT2D eigenvalue weighted by atomic mass is 16.5. The Morgan fingerprint density at radius 3 is 1.78 bits per heavy atom. The van der Waals surface area contributed by atoms with E-state index in [2.05, 4.69) is 91.9 Å². The van der Waals surface area contributed by atoms with Crippen molar-refractivity contribution in [1.82, 2.24) is 0 Å². The van der Waals surface area contributed by atoms with Gasteiger partial charge < -0.3 is 20.3 Å². The van der Waals surface area contributed by atoms with Gasteiger partial charge in [0.15, 0.2) is 6.10 Å². The summed E-state index contributed by atoms with van der Waals surface area (Å²) < 4.78 is 11.8. The third-order valence-corrected chi connectivity index (χ3v) is 8.99. The van der Waals surface area contributed by atoms with Crippen LogP contribution in [0.25, 0.3) is 22.3 Å². The minimum Gasteiger partial charge on any atom is -0.492 e. The lowest BCUT2D eigenvalue weighted by atomic mass is 9.74. The van der Waals surface area contributed by atoms with E-state index in [1.807, 2.05) is 36.4 Å². The minimum atomic E-state index is -0.962. The Balaban J connectivity index is 1.35. The largest absolute Gasteiger partial charge is 0.492 e. The standard InChI is InChI=1S/C41H41NO4/c1-3-45-38(40(43)44)24-28-14-22-35(23-15-28)46-27-41(2,42)39-36-25-33(29-10-6-4-7-11-29)20-18-31(36)16-17-32-19-21-34(26-37(32)39)30-12-8-5-9-13-30/h4-15,18-23,25-26,38-39H,3,16-17,24,27,42H2,1-2H3,(H,43,44).